The van der Waals surface area contributed by atoms with Gasteiger partial charge < -0.3 is 15.4 Å². The largest absolute Gasteiger partial charge is 0.483 e. The summed E-state index contributed by atoms with van der Waals surface area (Å²) in [5.41, 5.74) is 2.42. The van der Waals surface area contributed by atoms with E-state index >= 15 is 0 Å². The van der Waals surface area contributed by atoms with E-state index in [4.69, 9.17) is 27.9 Å². The highest BCUT2D eigenvalue weighted by atomic mass is 79.9. The van der Waals surface area contributed by atoms with Gasteiger partial charge in [-0.05, 0) is 64.5 Å². The van der Waals surface area contributed by atoms with Gasteiger partial charge in [-0.3, -0.25) is 4.79 Å². The van der Waals surface area contributed by atoms with E-state index in [2.05, 4.69) is 26.6 Å². The molecule has 0 aliphatic carbocycles. The summed E-state index contributed by atoms with van der Waals surface area (Å²) in [7, 11) is 0. The first-order valence-corrected chi connectivity index (χ1v) is 10.0. The molecular weight excluding hydrogens is 463 g/mol. The lowest BCUT2D eigenvalue weighted by atomic mass is 10.2. The molecule has 0 saturated heterocycles. The van der Waals surface area contributed by atoms with Gasteiger partial charge in [-0.1, -0.05) is 41.4 Å². The minimum atomic E-state index is -0.236. The molecule has 3 rings (SSSR count). The van der Waals surface area contributed by atoms with E-state index in [1.165, 1.54) is 0 Å². The molecule has 0 aromatic heterocycles. The van der Waals surface area contributed by atoms with Crippen LogP contribution in [0.5, 0.6) is 5.75 Å². The van der Waals surface area contributed by atoms with Gasteiger partial charge in [0.1, 0.15) is 5.75 Å². The van der Waals surface area contributed by atoms with E-state index in [-0.39, 0.29) is 12.5 Å². The normalized spacial score (nSPS) is 10.4. The summed E-state index contributed by atoms with van der Waals surface area (Å²) in [5, 5.41) is 7.27. The summed E-state index contributed by atoms with van der Waals surface area (Å²) in [6, 6.07) is 20.1. The van der Waals surface area contributed by atoms with Gasteiger partial charge in [0.15, 0.2) is 6.61 Å². The lowest BCUT2D eigenvalue weighted by Gasteiger charge is -2.14. The van der Waals surface area contributed by atoms with Crippen molar-refractivity contribution in [1.82, 2.24) is 0 Å². The highest BCUT2D eigenvalue weighted by Gasteiger charge is 2.09. The maximum Gasteiger partial charge on any atom is 0.262 e. The van der Waals surface area contributed by atoms with Crippen LogP contribution in [0.15, 0.2) is 71.2 Å². The maximum atomic E-state index is 12.1. The Labute approximate surface area is 181 Å². The van der Waals surface area contributed by atoms with Crippen molar-refractivity contribution >= 4 is 56.4 Å². The summed E-state index contributed by atoms with van der Waals surface area (Å²) in [5.74, 6) is 0.350. The second-order valence-electron chi connectivity index (χ2n) is 5.94. The van der Waals surface area contributed by atoms with E-state index < -0.39 is 0 Å². The number of hydrogen-bond acceptors (Lipinski definition) is 3. The van der Waals surface area contributed by atoms with Gasteiger partial charge in [0, 0.05) is 33.0 Å². The van der Waals surface area contributed by atoms with Gasteiger partial charge >= 0.3 is 0 Å². The van der Waals surface area contributed by atoms with E-state index in [0.717, 1.165) is 21.4 Å². The van der Waals surface area contributed by atoms with Crippen molar-refractivity contribution in [2.75, 3.05) is 17.2 Å². The molecule has 0 atom stereocenters. The molecule has 2 N–H and O–H groups in total. The van der Waals surface area contributed by atoms with Crippen molar-refractivity contribution in [2.24, 2.45) is 0 Å². The molecule has 28 heavy (non-hydrogen) atoms. The van der Waals surface area contributed by atoms with Crippen LogP contribution in [-0.2, 0) is 11.3 Å². The third-order valence-electron chi connectivity index (χ3n) is 3.84. The Morgan fingerprint density at radius 3 is 2.50 bits per heavy atom. The van der Waals surface area contributed by atoms with Crippen molar-refractivity contribution in [3.8, 4) is 5.75 Å². The number of ether oxygens (including phenoxy) is 1. The molecule has 1 amide bonds. The molecule has 0 radical (unpaired) electrons. The molecule has 144 valence electrons. The summed E-state index contributed by atoms with van der Waals surface area (Å²) in [4.78, 5) is 12.1. The second kappa shape index (κ2) is 9.82. The van der Waals surface area contributed by atoms with Gasteiger partial charge in [-0.2, -0.15) is 0 Å². The van der Waals surface area contributed by atoms with Crippen LogP contribution in [0.2, 0.25) is 10.0 Å². The molecule has 0 aliphatic rings. The van der Waals surface area contributed by atoms with Crippen LogP contribution in [0.1, 0.15) is 5.56 Å². The first-order valence-electron chi connectivity index (χ1n) is 8.46. The minimum Gasteiger partial charge on any atom is -0.483 e. The van der Waals surface area contributed by atoms with Crippen LogP contribution >= 0.6 is 39.1 Å². The monoisotopic (exact) mass is 478 g/mol. The number of amides is 1. The van der Waals surface area contributed by atoms with Crippen LogP contribution in [0.4, 0.5) is 11.4 Å². The highest BCUT2D eigenvalue weighted by molar-refractivity contribution is 9.10. The lowest BCUT2D eigenvalue weighted by Crippen LogP contribution is -2.20. The second-order valence-corrected chi connectivity index (χ2v) is 7.64. The number of nitrogens with one attached hydrogen (secondary N) is 2. The summed E-state index contributed by atoms with van der Waals surface area (Å²) < 4.78 is 6.54. The fourth-order valence-corrected chi connectivity index (χ4v) is 3.11. The first-order chi connectivity index (χ1) is 13.5. The molecule has 4 nitrogen and oxygen atoms in total. The van der Waals surface area contributed by atoms with Crippen molar-refractivity contribution in [2.45, 2.75) is 6.54 Å². The van der Waals surface area contributed by atoms with Crippen molar-refractivity contribution in [3.05, 3.63) is 86.8 Å². The van der Waals surface area contributed by atoms with Crippen LogP contribution in [-0.4, -0.2) is 12.5 Å². The summed E-state index contributed by atoms with van der Waals surface area (Å²) in [6.45, 7) is 0.363. The minimum absolute atomic E-state index is 0.104. The molecule has 0 spiro atoms. The fourth-order valence-electron chi connectivity index (χ4n) is 2.49. The van der Waals surface area contributed by atoms with Crippen LogP contribution in [0, 0.1) is 0 Å². The van der Waals surface area contributed by atoms with Crippen LogP contribution in [0.3, 0.4) is 0 Å². The molecule has 0 saturated carbocycles. The average Bonchev–Trinajstić information content (AvgIpc) is 2.69. The Morgan fingerprint density at radius 1 is 0.964 bits per heavy atom. The standard InChI is InChI=1S/C21H17BrCl2N2O2/c22-18-8-7-17(11-19(18)24)25-12-14-10-15(23)6-9-20(14)28-13-21(27)26-16-4-2-1-3-5-16/h1-11,25H,12-13H2,(H,26,27). The quantitative estimate of drug-likeness (QED) is 0.413. The van der Waals surface area contributed by atoms with E-state index in [0.29, 0.717) is 22.3 Å². The number of rotatable bonds is 7. The lowest BCUT2D eigenvalue weighted by molar-refractivity contribution is -0.118. The Bertz CT molecular complexity index is 968. The highest BCUT2D eigenvalue weighted by Crippen LogP contribution is 2.27. The zero-order chi connectivity index (χ0) is 19.9. The van der Waals surface area contributed by atoms with Crippen LogP contribution < -0.4 is 15.4 Å². The third kappa shape index (κ3) is 5.89. The SMILES string of the molecule is O=C(COc1ccc(Cl)cc1CNc1ccc(Br)c(Cl)c1)Nc1ccccc1. The average molecular weight is 480 g/mol. The number of anilines is 2. The predicted octanol–water partition coefficient (Wildman–Crippen LogP) is 6.39. The fraction of sp³-hybridized carbons (Fsp3) is 0.0952. The van der Waals surface area contributed by atoms with Crippen molar-refractivity contribution in [3.63, 3.8) is 0 Å². The zero-order valence-electron chi connectivity index (χ0n) is 14.7. The number of benzene rings is 3. The topological polar surface area (TPSA) is 50.4 Å². The molecule has 0 heterocycles. The predicted molar refractivity (Wildman–Crippen MR) is 118 cm³/mol. The van der Waals surface area contributed by atoms with Crippen molar-refractivity contribution in [1.29, 1.82) is 0 Å². The number of para-hydroxylation sites is 1. The first kappa shape index (κ1) is 20.5. The Kier molecular flexibility index (Phi) is 7.20. The molecule has 0 fully saturated rings. The number of halogens is 3. The van der Waals surface area contributed by atoms with E-state index in [1.807, 2.05) is 48.5 Å². The molecule has 3 aromatic rings. The van der Waals surface area contributed by atoms with Crippen LogP contribution in [0.25, 0.3) is 0 Å². The number of carbonyl (C=O) groups excluding carboxylic acids is 1. The molecule has 0 unspecified atom stereocenters. The number of hydrogen-bond donors (Lipinski definition) is 2. The van der Waals surface area contributed by atoms with Crippen molar-refractivity contribution < 1.29 is 9.53 Å². The summed E-state index contributed by atoms with van der Waals surface area (Å²) in [6.07, 6.45) is 0. The van der Waals surface area contributed by atoms with Gasteiger partial charge in [-0.15, -0.1) is 0 Å². The Hall–Kier alpha value is -2.21. The van der Waals surface area contributed by atoms with E-state index in [9.17, 15) is 4.79 Å². The van der Waals surface area contributed by atoms with Gasteiger partial charge in [0.25, 0.3) is 5.91 Å². The Balaban J connectivity index is 1.63. The van der Waals surface area contributed by atoms with Gasteiger partial charge in [0.05, 0.1) is 5.02 Å². The maximum absolute atomic E-state index is 12.1. The smallest absolute Gasteiger partial charge is 0.262 e. The molecule has 0 aliphatic heterocycles. The number of carbonyl (C=O) groups is 1. The Morgan fingerprint density at radius 2 is 1.75 bits per heavy atom. The third-order valence-corrected chi connectivity index (χ3v) is 5.31. The van der Waals surface area contributed by atoms with Gasteiger partial charge in [-0.25, -0.2) is 0 Å². The van der Waals surface area contributed by atoms with Gasteiger partial charge in [0.2, 0.25) is 0 Å². The molecule has 0 bridgehead atoms. The molecular formula is C21H17BrCl2N2O2. The molecule has 7 heteroatoms. The van der Waals surface area contributed by atoms with E-state index in [1.54, 1.807) is 18.2 Å². The summed E-state index contributed by atoms with van der Waals surface area (Å²) >= 11 is 15.6. The zero-order valence-corrected chi connectivity index (χ0v) is 17.8. The molecule has 3 aromatic carbocycles.